The summed E-state index contributed by atoms with van der Waals surface area (Å²) < 4.78 is 5.22. The Kier molecular flexibility index (Phi) is 6.61. The van der Waals surface area contributed by atoms with Crippen molar-refractivity contribution in [2.45, 2.75) is 13.5 Å². The van der Waals surface area contributed by atoms with Gasteiger partial charge in [-0.25, -0.2) is 0 Å². The Morgan fingerprint density at radius 2 is 1.82 bits per heavy atom. The van der Waals surface area contributed by atoms with E-state index in [2.05, 4.69) is 12.1 Å². The van der Waals surface area contributed by atoms with E-state index in [4.69, 9.17) is 4.74 Å². The third-order valence-corrected chi connectivity index (χ3v) is 1.32. The maximum absolute atomic E-state index is 5.22. The summed E-state index contributed by atoms with van der Waals surface area (Å²) in [5.74, 6) is 0. The molecule has 0 aliphatic rings. The monoisotopic (exact) mass is 162 g/mol. The van der Waals surface area contributed by atoms with Crippen molar-refractivity contribution < 1.29 is 4.74 Å². The predicted molar refractivity (Wildman–Crippen MR) is 50.3 cm³/mol. The van der Waals surface area contributed by atoms with E-state index in [-0.39, 0.29) is 23.1 Å². The van der Waals surface area contributed by atoms with Gasteiger partial charge < -0.3 is 4.74 Å². The molecule has 0 atom stereocenters. The topological polar surface area (TPSA) is 9.23 Å². The first-order valence-corrected chi connectivity index (χ1v) is 3.55. The fourth-order valence-electron chi connectivity index (χ4n) is 0.794. The zero-order chi connectivity index (χ0) is 7.23. The molecule has 0 aliphatic carbocycles. The van der Waals surface area contributed by atoms with Crippen LogP contribution in [0.2, 0.25) is 0 Å². The molecule has 1 nitrogen and oxygen atoms in total. The average molecular weight is 163 g/mol. The summed E-state index contributed by atoms with van der Waals surface area (Å²) in [7, 11) is 0. The van der Waals surface area contributed by atoms with Crippen LogP contribution < -0.4 is 0 Å². The minimum absolute atomic E-state index is 0. The molecule has 0 spiro atoms. The Hall–Kier alpha value is -0.0538. The van der Waals surface area contributed by atoms with E-state index in [1.807, 2.05) is 25.1 Å². The van der Waals surface area contributed by atoms with Crippen molar-refractivity contribution >= 4 is 23.1 Å². The summed E-state index contributed by atoms with van der Waals surface area (Å²) in [5.41, 5.74) is 1.24. The Morgan fingerprint density at radius 3 is 2.36 bits per heavy atom. The van der Waals surface area contributed by atoms with Crippen molar-refractivity contribution in [3.8, 4) is 0 Å². The zero-order valence-electron chi connectivity index (χ0n) is 6.21. The fraction of sp³-hybridized carbons (Fsp3) is 0.333. The standard InChI is InChI=1S/C9H12O.Mg.2H/c1-2-10-8-9-6-4-3-5-7-9;;;/h3-7H,2,8H2,1H3;;;. The molecule has 11 heavy (non-hydrogen) atoms. The molecule has 1 aromatic rings. The van der Waals surface area contributed by atoms with Crippen LogP contribution in [0.1, 0.15) is 12.5 Å². The van der Waals surface area contributed by atoms with E-state index in [1.165, 1.54) is 5.56 Å². The van der Waals surface area contributed by atoms with Crippen LogP contribution in [-0.2, 0) is 11.3 Å². The smallest absolute Gasteiger partial charge is 0.316 e. The molecule has 0 radical (unpaired) electrons. The lowest BCUT2D eigenvalue weighted by Crippen LogP contribution is -1.90. The lowest BCUT2D eigenvalue weighted by molar-refractivity contribution is 0.134. The number of hydrogen-bond donors (Lipinski definition) is 0. The van der Waals surface area contributed by atoms with Crippen LogP contribution in [0.25, 0.3) is 0 Å². The SMILES string of the molecule is CCOCc1ccccc1.[MgH2]. The van der Waals surface area contributed by atoms with Crippen LogP contribution in [0.3, 0.4) is 0 Å². The first-order valence-electron chi connectivity index (χ1n) is 3.55. The fourth-order valence-corrected chi connectivity index (χ4v) is 0.794. The number of benzene rings is 1. The molecule has 0 aliphatic heterocycles. The van der Waals surface area contributed by atoms with E-state index in [0.29, 0.717) is 0 Å². The van der Waals surface area contributed by atoms with Crippen molar-refractivity contribution in [1.82, 2.24) is 0 Å². The molecule has 0 saturated heterocycles. The lowest BCUT2D eigenvalue weighted by Gasteiger charge is -1.98. The Balaban J connectivity index is 0.000001000. The highest BCUT2D eigenvalue weighted by atomic mass is 24.3. The predicted octanol–water partition coefficient (Wildman–Crippen LogP) is 1.31. The zero-order valence-corrected chi connectivity index (χ0v) is 6.21. The van der Waals surface area contributed by atoms with Crippen molar-refractivity contribution in [2.24, 2.45) is 0 Å². The third-order valence-electron chi connectivity index (χ3n) is 1.32. The highest BCUT2D eigenvalue weighted by molar-refractivity contribution is 5.75. The molecule has 0 heterocycles. The quantitative estimate of drug-likeness (QED) is 0.609. The highest BCUT2D eigenvalue weighted by Gasteiger charge is 1.86. The van der Waals surface area contributed by atoms with Crippen LogP contribution in [0.4, 0.5) is 0 Å². The minimum atomic E-state index is 0. The Morgan fingerprint density at radius 1 is 1.18 bits per heavy atom. The van der Waals surface area contributed by atoms with Crippen LogP contribution in [0.15, 0.2) is 30.3 Å². The Labute approximate surface area is 83.9 Å². The van der Waals surface area contributed by atoms with E-state index in [1.54, 1.807) is 0 Å². The largest absolute Gasteiger partial charge is 0.377 e. The van der Waals surface area contributed by atoms with Gasteiger partial charge in [-0.3, -0.25) is 0 Å². The van der Waals surface area contributed by atoms with Crippen LogP contribution in [-0.4, -0.2) is 29.7 Å². The van der Waals surface area contributed by atoms with Gasteiger partial charge in [0, 0.05) is 6.61 Å². The van der Waals surface area contributed by atoms with Crippen molar-refractivity contribution in [3.05, 3.63) is 35.9 Å². The molecule has 58 valence electrons. The molecular formula is C9H14MgO. The van der Waals surface area contributed by atoms with E-state index >= 15 is 0 Å². The summed E-state index contributed by atoms with van der Waals surface area (Å²) in [6.45, 7) is 3.52. The van der Waals surface area contributed by atoms with Crippen molar-refractivity contribution in [1.29, 1.82) is 0 Å². The normalized spacial score (nSPS) is 8.82. The van der Waals surface area contributed by atoms with E-state index in [9.17, 15) is 0 Å². The molecule has 2 heteroatoms. The van der Waals surface area contributed by atoms with Gasteiger partial charge in [0.05, 0.1) is 6.61 Å². The van der Waals surface area contributed by atoms with Crippen molar-refractivity contribution in [2.75, 3.05) is 6.61 Å². The van der Waals surface area contributed by atoms with Crippen LogP contribution >= 0.6 is 0 Å². The van der Waals surface area contributed by atoms with Gasteiger partial charge in [-0.15, -0.1) is 0 Å². The van der Waals surface area contributed by atoms with Gasteiger partial charge in [-0.2, -0.15) is 0 Å². The Bertz CT molecular complexity index is 174. The lowest BCUT2D eigenvalue weighted by atomic mass is 10.2. The second kappa shape index (κ2) is 6.64. The number of ether oxygens (including phenoxy) is 1. The minimum Gasteiger partial charge on any atom is -0.377 e. The van der Waals surface area contributed by atoms with Crippen molar-refractivity contribution in [3.63, 3.8) is 0 Å². The van der Waals surface area contributed by atoms with Gasteiger partial charge in [-0.1, -0.05) is 30.3 Å². The van der Waals surface area contributed by atoms with Gasteiger partial charge >= 0.3 is 23.1 Å². The summed E-state index contributed by atoms with van der Waals surface area (Å²) in [4.78, 5) is 0. The molecule has 0 unspecified atom stereocenters. The molecule has 1 aromatic carbocycles. The molecule has 0 saturated carbocycles. The molecule has 0 amide bonds. The maximum Gasteiger partial charge on any atom is 0.316 e. The van der Waals surface area contributed by atoms with Gasteiger partial charge in [-0.05, 0) is 12.5 Å². The van der Waals surface area contributed by atoms with Crippen LogP contribution in [0, 0.1) is 0 Å². The van der Waals surface area contributed by atoms with Gasteiger partial charge in [0.2, 0.25) is 0 Å². The summed E-state index contributed by atoms with van der Waals surface area (Å²) in [6, 6.07) is 10.2. The summed E-state index contributed by atoms with van der Waals surface area (Å²) >= 11 is 0. The number of rotatable bonds is 3. The average Bonchev–Trinajstić information content (AvgIpc) is 2.03. The summed E-state index contributed by atoms with van der Waals surface area (Å²) in [5, 5.41) is 0. The maximum atomic E-state index is 5.22. The van der Waals surface area contributed by atoms with E-state index in [0.717, 1.165) is 13.2 Å². The molecular weight excluding hydrogens is 148 g/mol. The van der Waals surface area contributed by atoms with Crippen LogP contribution in [0.5, 0.6) is 0 Å². The second-order valence-electron chi connectivity index (χ2n) is 2.12. The van der Waals surface area contributed by atoms with Gasteiger partial charge in [0.25, 0.3) is 0 Å². The number of hydrogen-bond acceptors (Lipinski definition) is 1. The third kappa shape index (κ3) is 4.40. The molecule has 0 fully saturated rings. The first kappa shape index (κ1) is 10.9. The molecule has 0 N–H and O–H groups in total. The molecule has 0 aromatic heterocycles. The first-order chi connectivity index (χ1) is 4.93. The second-order valence-corrected chi connectivity index (χ2v) is 2.12. The van der Waals surface area contributed by atoms with E-state index < -0.39 is 0 Å². The van der Waals surface area contributed by atoms with Gasteiger partial charge in [0.1, 0.15) is 0 Å². The summed E-state index contributed by atoms with van der Waals surface area (Å²) in [6.07, 6.45) is 0. The molecule has 0 bridgehead atoms. The molecule has 1 rings (SSSR count). The highest BCUT2D eigenvalue weighted by Crippen LogP contribution is 1.99. The van der Waals surface area contributed by atoms with Gasteiger partial charge in [0.15, 0.2) is 0 Å².